The van der Waals surface area contributed by atoms with Crippen LogP contribution in [-0.2, 0) is 20.7 Å². The van der Waals surface area contributed by atoms with Crippen molar-refractivity contribution >= 4 is 29.8 Å². The van der Waals surface area contributed by atoms with Gasteiger partial charge in [0.1, 0.15) is 0 Å². The van der Waals surface area contributed by atoms with Crippen LogP contribution in [0, 0.1) is 0 Å². The smallest absolute Gasteiger partial charge is 0.355 e. The van der Waals surface area contributed by atoms with Gasteiger partial charge >= 0.3 is 7.60 Å². The molecule has 0 saturated carbocycles. The molecule has 3 aromatic rings. The molecule has 142 valence electrons. The van der Waals surface area contributed by atoms with E-state index in [9.17, 15) is 14.3 Å². The van der Waals surface area contributed by atoms with Crippen LogP contribution in [0.15, 0.2) is 48.8 Å². The average Bonchev–Trinajstić information content (AvgIpc) is 3.08. The van der Waals surface area contributed by atoms with Gasteiger partial charge in [0.05, 0.1) is 29.3 Å². The summed E-state index contributed by atoms with van der Waals surface area (Å²) in [7, 11) is -2.41. The number of imidazole rings is 1. The fourth-order valence-corrected chi connectivity index (χ4v) is 3.49. The topological polar surface area (TPSA) is 103 Å². The number of amides is 1. The molecule has 9 heteroatoms. The van der Waals surface area contributed by atoms with Gasteiger partial charge in [-0.1, -0.05) is 12.1 Å². The van der Waals surface area contributed by atoms with Crippen molar-refractivity contribution in [3.63, 3.8) is 0 Å². The van der Waals surface area contributed by atoms with Crippen LogP contribution in [0.4, 0.5) is 0 Å². The van der Waals surface area contributed by atoms with Crippen LogP contribution in [0.3, 0.4) is 0 Å². The molecule has 1 atom stereocenters. The minimum atomic E-state index is -3.99. The first-order valence-corrected chi connectivity index (χ1v) is 9.93. The molecule has 0 aliphatic rings. The van der Waals surface area contributed by atoms with Crippen molar-refractivity contribution in [3.8, 4) is 0 Å². The highest BCUT2D eigenvalue weighted by Crippen LogP contribution is 2.40. The van der Waals surface area contributed by atoms with Crippen LogP contribution in [0.2, 0.25) is 0 Å². The standard InChI is InChI=1S/C18H20N3O5P/c1-3-25-26-27(23,24)15-7-4-13(5-8-15)11-21-12-20-16-10-14(18(22)19-2)6-9-17(16)21/h4-10,12H,3,11H2,1-2H3,(H,19,22)(H,23,24). The molecule has 0 bridgehead atoms. The highest BCUT2D eigenvalue weighted by molar-refractivity contribution is 7.61. The molecule has 1 heterocycles. The van der Waals surface area contributed by atoms with Crippen molar-refractivity contribution in [1.82, 2.24) is 14.9 Å². The quantitative estimate of drug-likeness (QED) is 0.365. The van der Waals surface area contributed by atoms with Crippen molar-refractivity contribution in [3.05, 3.63) is 59.9 Å². The molecular formula is C18H20N3O5P. The Hall–Kier alpha value is -2.51. The first-order chi connectivity index (χ1) is 12.9. The summed E-state index contributed by atoms with van der Waals surface area (Å²) in [4.78, 5) is 30.5. The largest absolute Gasteiger partial charge is 0.385 e. The van der Waals surface area contributed by atoms with Crippen molar-refractivity contribution in [2.24, 2.45) is 0 Å². The summed E-state index contributed by atoms with van der Waals surface area (Å²) in [6, 6.07) is 11.9. The van der Waals surface area contributed by atoms with Crippen molar-refractivity contribution in [2.75, 3.05) is 13.7 Å². The molecular weight excluding hydrogens is 369 g/mol. The van der Waals surface area contributed by atoms with Crippen molar-refractivity contribution in [1.29, 1.82) is 0 Å². The van der Waals surface area contributed by atoms with E-state index in [2.05, 4.69) is 19.9 Å². The molecule has 2 N–H and O–H groups in total. The van der Waals surface area contributed by atoms with E-state index in [1.54, 1.807) is 44.6 Å². The lowest BCUT2D eigenvalue weighted by Crippen LogP contribution is -2.17. The molecule has 0 fully saturated rings. The fraction of sp³-hybridized carbons (Fsp3) is 0.222. The predicted octanol–water partition coefficient (Wildman–Crippen LogP) is 2.22. The van der Waals surface area contributed by atoms with Crippen LogP contribution in [-0.4, -0.2) is 34.0 Å². The lowest BCUT2D eigenvalue weighted by Gasteiger charge is -2.11. The molecule has 0 radical (unpaired) electrons. The number of hydrogen-bond acceptors (Lipinski definition) is 5. The van der Waals surface area contributed by atoms with Crippen LogP contribution in [0.5, 0.6) is 0 Å². The van der Waals surface area contributed by atoms with Gasteiger partial charge in [-0.15, -0.1) is 4.67 Å². The Labute approximate surface area is 156 Å². The van der Waals surface area contributed by atoms with Gasteiger partial charge in [0.15, 0.2) is 0 Å². The van der Waals surface area contributed by atoms with Gasteiger partial charge in [-0.25, -0.2) is 9.87 Å². The number of aromatic nitrogens is 2. The maximum absolute atomic E-state index is 12.0. The first kappa shape index (κ1) is 19.3. The fourth-order valence-electron chi connectivity index (χ4n) is 2.63. The third-order valence-corrected chi connectivity index (χ3v) is 5.26. The van der Waals surface area contributed by atoms with E-state index in [4.69, 9.17) is 0 Å². The Balaban J connectivity index is 1.79. The molecule has 0 saturated heterocycles. The maximum Gasteiger partial charge on any atom is 0.385 e. The molecule has 8 nitrogen and oxygen atoms in total. The molecule has 0 aliphatic carbocycles. The van der Waals surface area contributed by atoms with E-state index in [1.165, 1.54) is 12.1 Å². The second-order valence-corrected chi connectivity index (χ2v) is 7.53. The van der Waals surface area contributed by atoms with E-state index < -0.39 is 7.60 Å². The number of rotatable bonds is 7. The second kappa shape index (κ2) is 8.02. The molecule has 3 rings (SSSR count). The molecule has 0 spiro atoms. The Bertz CT molecular complexity index is 1000. The molecule has 1 amide bonds. The zero-order valence-electron chi connectivity index (χ0n) is 15.0. The van der Waals surface area contributed by atoms with Gasteiger partial charge in [-0.05, 0) is 42.8 Å². The molecule has 1 aromatic heterocycles. The normalized spacial score (nSPS) is 13.4. The van der Waals surface area contributed by atoms with E-state index in [1.807, 2.05) is 10.6 Å². The van der Waals surface area contributed by atoms with Crippen LogP contribution >= 0.6 is 7.60 Å². The van der Waals surface area contributed by atoms with Crippen LogP contribution < -0.4 is 10.6 Å². The lowest BCUT2D eigenvalue weighted by atomic mass is 10.2. The number of carbonyl (C=O) groups excluding carboxylic acids is 1. The zero-order valence-corrected chi connectivity index (χ0v) is 15.8. The predicted molar refractivity (Wildman–Crippen MR) is 101 cm³/mol. The Morgan fingerprint density at radius 1 is 1.26 bits per heavy atom. The highest BCUT2D eigenvalue weighted by Gasteiger charge is 2.23. The summed E-state index contributed by atoms with van der Waals surface area (Å²) >= 11 is 0. The summed E-state index contributed by atoms with van der Waals surface area (Å²) in [5, 5.41) is 2.74. The maximum atomic E-state index is 12.0. The SMILES string of the molecule is CCOOP(=O)(O)c1ccc(Cn2cnc3cc(C(=O)NC)ccc32)cc1. The second-order valence-electron chi connectivity index (χ2n) is 5.82. The van der Waals surface area contributed by atoms with Gasteiger partial charge in [0, 0.05) is 19.2 Å². The Morgan fingerprint density at radius 2 is 2.00 bits per heavy atom. The van der Waals surface area contributed by atoms with E-state index in [-0.39, 0.29) is 17.8 Å². The average molecular weight is 389 g/mol. The van der Waals surface area contributed by atoms with E-state index in [0.717, 1.165) is 16.6 Å². The van der Waals surface area contributed by atoms with E-state index in [0.29, 0.717) is 12.1 Å². The number of nitrogens with one attached hydrogen (secondary N) is 1. The van der Waals surface area contributed by atoms with E-state index >= 15 is 0 Å². The third-order valence-electron chi connectivity index (χ3n) is 4.00. The zero-order chi connectivity index (χ0) is 19.4. The molecule has 0 aliphatic heterocycles. The van der Waals surface area contributed by atoms with Gasteiger partial charge < -0.3 is 14.8 Å². The first-order valence-electron chi connectivity index (χ1n) is 8.35. The van der Waals surface area contributed by atoms with Crippen LogP contribution in [0.1, 0.15) is 22.8 Å². The number of nitrogens with zero attached hydrogens (tertiary/aromatic N) is 2. The summed E-state index contributed by atoms with van der Waals surface area (Å²) in [5.41, 5.74) is 3.08. The summed E-state index contributed by atoms with van der Waals surface area (Å²) in [5.74, 6) is -0.162. The van der Waals surface area contributed by atoms with Gasteiger partial charge in [0.2, 0.25) is 0 Å². The van der Waals surface area contributed by atoms with Crippen molar-refractivity contribution in [2.45, 2.75) is 13.5 Å². The Kier molecular flexibility index (Phi) is 5.72. The summed E-state index contributed by atoms with van der Waals surface area (Å²) in [6.45, 7) is 2.37. The highest BCUT2D eigenvalue weighted by atomic mass is 31.2. The number of carbonyl (C=O) groups is 1. The van der Waals surface area contributed by atoms with Crippen LogP contribution in [0.25, 0.3) is 11.0 Å². The minimum absolute atomic E-state index is 0.158. The number of hydrogen-bond donors (Lipinski definition) is 2. The minimum Gasteiger partial charge on any atom is -0.355 e. The lowest BCUT2D eigenvalue weighted by molar-refractivity contribution is -0.206. The third kappa shape index (κ3) is 4.26. The molecule has 27 heavy (non-hydrogen) atoms. The van der Waals surface area contributed by atoms with Gasteiger partial charge in [0.25, 0.3) is 5.91 Å². The summed E-state index contributed by atoms with van der Waals surface area (Å²) in [6.07, 6.45) is 1.70. The van der Waals surface area contributed by atoms with Crippen molar-refractivity contribution < 1.29 is 23.8 Å². The Morgan fingerprint density at radius 3 is 2.67 bits per heavy atom. The van der Waals surface area contributed by atoms with Gasteiger partial charge in [-0.2, -0.15) is 0 Å². The number of benzene rings is 2. The van der Waals surface area contributed by atoms with Gasteiger partial charge in [-0.3, -0.25) is 9.36 Å². The molecule has 1 unspecified atom stereocenters. The number of fused-ring (bicyclic) bond motifs is 1. The summed E-state index contributed by atoms with van der Waals surface area (Å²) < 4.78 is 18.6. The monoisotopic (exact) mass is 389 g/mol. The molecule has 2 aromatic carbocycles.